The van der Waals surface area contributed by atoms with Crippen molar-refractivity contribution in [2.75, 3.05) is 7.11 Å². The van der Waals surface area contributed by atoms with Crippen LogP contribution in [0.25, 0.3) is 0 Å². The van der Waals surface area contributed by atoms with E-state index in [1.54, 1.807) is 0 Å². The van der Waals surface area contributed by atoms with E-state index < -0.39 is 22.0 Å². The summed E-state index contributed by atoms with van der Waals surface area (Å²) in [6.45, 7) is 0. The van der Waals surface area contributed by atoms with Crippen molar-refractivity contribution >= 4 is 34.8 Å². The van der Waals surface area contributed by atoms with Gasteiger partial charge in [0, 0.05) is 7.11 Å². The van der Waals surface area contributed by atoms with Gasteiger partial charge in [0.05, 0.1) is 0 Å². The molecule has 0 aliphatic carbocycles. The number of alkyl halides is 8. The Morgan fingerprint density at radius 1 is 1.00 bits per heavy atom. The Kier molecular flexibility index (Phi) is 4.30. The smallest absolute Gasteiger partial charge is 0.349 e. The van der Waals surface area contributed by atoms with Crippen LogP contribution in [-0.2, 0) is 4.74 Å². The van der Waals surface area contributed by atoms with E-state index in [0.29, 0.717) is 7.11 Å². The summed E-state index contributed by atoms with van der Waals surface area (Å²) < 4.78 is 61.7. The molecule has 14 heavy (non-hydrogen) atoms. The number of hydrogen-bond donors (Lipinski definition) is 0. The molecule has 0 bridgehead atoms. The van der Waals surface area contributed by atoms with Gasteiger partial charge in [0.1, 0.15) is 0 Å². The van der Waals surface area contributed by atoms with Crippen molar-refractivity contribution in [1.82, 2.24) is 0 Å². The zero-order valence-corrected chi connectivity index (χ0v) is 8.78. The van der Waals surface area contributed by atoms with Gasteiger partial charge in [-0.25, -0.2) is 0 Å². The molecule has 0 spiro atoms. The zero-order chi connectivity index (χ0) is 11.8. The van der Waals surface area contributed by atoms with Crippen molar-refractivity contribution in [1.29, 1.82) is 0 Å². The molecule has 0 fully saturated rings. The maximum absolute atomic E-state index is 12.4. The van der Waals surface area contributed by atoms with Crippen molar-refractivity contribution in [3.05, 3.63) is 0 Å². The van der Waals surface area contributed by atoms with Gasteiger partial charge in [-0.3, -0.25) is 0 Å². The molecule has 0 heterocycles. The van der Waals surface area contributed by atoms with Crippen LogP contribution in [0.5, 0.6) is 0 Å². The average Bonchev–Trinajstić information content (AvgIpc) is 1.79. The van der Waals surface area contributed by atoms with Crippen molar-refractivity contribution in [3.63, 3.8) is 0 Å². The first-order chi connectivity index (χ1) is 5.93. The van der Waals surface area contributed by atoms with Crippen LogP contribution in [0.15, 0.2) is 0 Å². The van der Waals surface area contributed by atoms with Crippen LogP contribution >= 0.6 is 34.8 Å². The summed E-state index contributed by atoms with van der Waals surface area (Å²) >= 11 is 14.1. The molecule has 0 aromatic carbocycles. The molecular formula is C5H4Cl3F5O. The molecule has 0 saturated carbocycles. The van der Waals surface area contributed by atoms with Crippen LogP contribution in [0.3, 0.4) is 0 Å². The topological polar surface area (TPSA) is 9.23 Å². The number of ether oxygens (including phenoxy) is 1. The lowest BCUT2D eigenvalue weighted by molar-refractivity contribution is -0.242. The second-order valence-electron chi connectivity index (χ2n) is 2.28. The Morgan fingerprint density at radius 2 is 1.36 bits per heavy atom. The van der Waals surface area contributed by atoms with Gasteiger partial charge in [-0.15, -0.1) is 0 Å². The van der Waals surface area contributed by atoms with Gasteiger partial charge in [-0.05, 0) is 11.6 Å². The Bertz CT molecular complexity index is 185. The Morgan fingerprint density at radius 3 is 1.43 bits per heavy atom. The Labute approximate surface area is 91.1 Å². The highest BCUT2D eigenvalue weighted by Gasteiger charge is 2.65. The lowest BCUT2D eigenvalue weighted by Crippen LogP contribution is -2.48. The van der Waals surface area contributed by atoms with Gasteiger partial charge in [-0.2, -0.15) is 22.0 Å². The quantitative estimate of drug-likeness (QED) is 0.565. The second kappa shape index (κ2) is 4.15. The molecule has 0 amide bonds. The Hall–Kier alpha value is 0.480. The third-order valence-corrected chi connectivity index (χ3v) is 2.23. The summed E-state index contributed by atoms with van der Waals surface area (Å²) in [5.74, 6) is -3.52. The zero-order valence-electron chi connectivity index (χ0n) is 6.51. The van der Waals surface area contributed by atoms with Gasteiger partial charge in [0.2, 0.25) is 4.52 Å². The first-order valence-electron chi connectivity index (χ1n) is 2.99. The molecule has 0 aromatic heterocycles. The molecule has 0 aromatic rings. The summed E-state index contributed by atoms with van der Waals surface area (Å²) in [7, 11) is 0.654. The maximum atomic E-state index is 12.4. The van der Waals surface area contributed by atoms with E-state index >= 15 is 0 Å². The van der Waals surface area contributed by atoms with E-state index in [2.05, 4.69) is 16.3 Å². The van der Waals surface area contributed by atoms with Crippen LogP contribution in [0, 0.1) is 5.92 Å². The van der Waals surface area contributed by atoms with E-state index in [0.717, 1.165) is 0 Å². The summed E-state index contributed by atoms with van der Waals surface area (Å²) in [5.41, 5.74) is 0. The number of methoxy groups -OCH3 is 1. The van der Waals surface area contributed by atoms with Crippen molar-refractivity contribution < 1.29 is 26.7 Å². The van der Waals surface area contributed by atoms with Crippen LogP contribution in [0.1, 0.15) is 0 Å². The molecule has 0 aliphatic heterocycles. The third-order valence-electron chi connectivity index (χ3n) is 1.26. The molecule has 0 saturated heterocycles. The molecular weight excluding hydrogens is 277 g/mol. The minimum Gasteiger partial charge on any atom is -0.349 e. The third kappa shape index (κ3) is 3.56. The lowest BCUT2D eigenvalue weighted by atomic mass is 10.1. The molecule has 0 N–H and O–H groups in total. The molecule has 1 nitrogen and oxygen atoms in total. The predicted octanol–water partition coefficient (Wildman–Crippen LogP) is 3.77. The van der Waals surface area contributed by atoms with Gasteiger partial charge < -0.3 is 4.74 Å². The van der Waals surface area contributed by atoms with Crippen molar-refractivity contribution in [2.24, 2.45) is 5.92 Å². The fourth-order valence-electron chi connectivity index (χ4n) is 0.684. The molecule has 0 rings (SSSR count). The molecule has 1 atom stereocenters. The molecule has 0 radical (unpaired) electrons. The Balaban J connectivity index is 5.14. The van der Waals surface area contributed by atoms with Gasteiger partial charge in [0.15, 0.2) is 5.92 Å². The van der Waals surface area contributed by atoms with E-state index in [1.165, 1.54) is 0 Å². The minimum atomic E-state index is -5.38. The van der Waals surface area contributed by atoms with Gasteiger partial charge >= 0.3 is 11.6 Å². The van der Waals surface area contributed by atoms with Crippen LogP contribution < -0.4 is 0 Å². The highest BCUT2D eigenvalue weighted by molar-refractivity contribution is 6.47. The highest BCUT2D eigenvalue weighted by atomic mass is 35.5. The van der Waals surface area contributed by atoms with Gasteiger partial charge in [0.25, 0.3) is 0 Å². The highest BCUT2D eigenvalue weighted by Crippen LogP contribution is 2.51. The molecule has 9 heteroatoms. The fraction of sp³-hybridized carbons (Fsp3) is 1.00. The molecule has 0 aliphatic rings. The van der Waals surface area contributed by atoms with Crippen molar-refractivity contribution in [2.45, 2.75) is 16.1 Å². The summed E-state index contributed by atoms with van der Waals surface area (Å²) in [6.07, 6.45) is -5.38. The van der Waals surface area contributed by atoms with Gasteiger partial charge in [-0.1, -0.05) is 23.2 Å². The van der Waals surface area contributed by atoms with Crippen LogP contribution in [-0.4, -0.2) is 23.2 Å². The summed E-state index contributed by atoms with van der Waals surface area (Å²) in [4.78, 5) is 0. The van der Waals surface area contributed by atoms with E-state index in [1.807, 2.05) is 0 Å². The standard InChI is InChI=1S/C5H4Cl3F5O/c1-14-3(6,7)2(4(8,9)10)5(11,12)13/h2H,1H3. The molecule has 1 unspecified atom stereocenters. The molecule has 86 valence electrons. The second-order valence-corrected chi connectivity index (χ2v) is 4.10. The van der Waals surface area contributed by atoms with E-state index in [4.69, 9.17) is 23.2 Å². The van der Waals surface area contributed by atoms with Crippen LogP contribution in [0.2, 0.25) is 0 Å². The predicted molar refractivity (Wildman–Crippen MR) is 41.8 cm³/mol. The average molecular weight is 281 g/mol. The first kappa shape index (κ1) is 14.5. The largest absolute Gasteiger partial charge is 0.404 e. The first-order valence-corrected chi connectivity index (χ1v) is 4.12. The normalized spacial score (nSPS) is 16.9. The monoisotopic (exact) mass is 280 g/mol. The fourth-order valence-corrected chi connectivity index (χ4v) is 1.60. The van der Waals surface area contributed by atoms with E-state index in [-0.39, 0.29) is 0 Å². The SMILES string of the molecule is COC(Cl)(Cl)C(C(F)(F)F)C(F)(F)Cl. The maximum Gasteiger partial charge on any atom is 0.404 e. The minimum absolute atomic E-state index is 0.654. The van der Waals surface area contributed by atoms with E-state index in [9.17, 15) is 22.0 Å². The summed E-state index contributed by atoms with van der Waals surface area (Å²) in [5, 5.41) is -4.66. The number of rotatable bonds is 3. The summed E-state index contributed by atoms with van der Waals surface area (Å²) in [6, 6.07) is 0. The lowest BCUT2D eigenvalue weighted by Gasteiger charge is -2.32. The van der Waals surface area contributed by atoms with Crippen LogP contribution in [0.4, 0.5) is 22.0 Å². The number of hydrogen-bond acceptors (Lipinski definition) is 1. The van der Waals surface area contributed by atoms with Crippen molar-refractivity contribution in [3.8, 4) is 0 Å². The number of halogens is 8.